The number of fused-ring (bicyclic) bond motifs is 2. The third-order valence-electron chi connectivity index (χ3n) is 9.71. The van der Waals surface area contributed by atoms with Crippen LogP contribution < -0.4 is 4.74 Å². The lowest BCUT2D eigenvalue weighted by Crippen LogP contribution is -2.46. The van der Waals surface area contributed by atoms with E-state index in [-0.39, 0.29) is 11.6 Å². The topological polar surface area (TPSA) is 56.3 Å². The summed E-state index contributed by atoms with van der Waals surface area (Å²) < 4.78 is 6.19. The molecule has 7 nitrogen and oxygen atoms in total. The third-order valence-corrected chi connectivity index (χ3v) is 10.8. The smallest absolute Gasteiger partial charge is 0.164 e. The van der Waals surface area contributed by atoms with E-state index in [2.05, 4.69) is 80.3 Å². The van der Waals surface area contributed by atoms with E-state index in [0.717, 1.165) is 99.8 Å². The van der Waals surface area contributed by atoms with E-state index in [0.29, 0.717) is 24.0 Å². The SMILES string of the molecule is O=C(CCN1CCN(Cc2ccccc2)CC1)c1ccc2c(c1)Sc1cc(C(=O)CCN3CCN(Cc4ccccc4)CC3)ccc1O2. The molecule has 248 valence electrons. The van der Waals surface area contributed by atoms with Crippen LogP contribution in [0.15, 0.2) is 107 Å². The van der Waals surface area contributed by atoms with Crippen LogP contribution in [0.4, 0.5) is 0 Å². The average Bonchev–Trinajstić information content (AvgIpc) is 3.13. The van der Waals surface area contributed by atoms with Gasteiger partial charge in [0.2, 0.25) is 0 Å². The summed E-state index contributed by atoms with van der Waals surface area (Å²) in [6.07, 6.45) is 1.00. The minimum absolute atomic E-state index is 0.153. The van der Waals surface area contributed by atoms with Gasteiger partial charge in [-0.05, 0) is 47.5 Å². The fourth-order valence-corrected chi connectivity index (χ4v) is 7.79. The summed E-state index contributed by atoms with van der Waals surface area (Å²) in [5.41, 5.74) is 4.13. The Labute approximate surface area is 288 Å². The van der Waals surface area contributed by atoms with Gasteiger partial charge >= 0.3 is 0 Å². The predicted octanol–water partition coefficient (Wildman–Crippen LogP) is 6.72. The number of carbonyl (C=O) groups excluding carboxylic acids is 2. The first-order chi connectivity index (χ1) is 23.6. The zero-order valence-electron chi connectivity index (χ0n) is 27.6. The summed E-state index contributed by atoms with van der Waals surface area (Å²) >= 11 is 1.58. The van der Waals surface area contributed by atoms with E-state index < -0.39 is 0 Å². The second kappa shape index (κ2) is 15.6. The van der Waals surface area contributed by atoms with Crippen molar-refractivity contribution in [2.45, 2.75) is 35.7 Å². The highest BCUT2D eigenvalue weighted by Crippen LogP contribution is 2.47. The predicted molar refractivity (Wildman–Crippen MR) is 191 cm³/mol. The number of carbonyl (C=O) groups is 2. The van der Waals surface area contributed by atoms with Gasteiger partial charge in [-0.2, -0.15) is 0 Å². The van der Waals surface area contributed by atoms with Crippen molar-refractivity contribution in [3.8, 4) is 11.5 Å². The fourth-order valence-electron chi connectivity index (χ4n) is 6.76. The van der Waals surface area contributed by atoms with Crippen LogP contribution in [0.1, 0.15) is 44.7 Å². The van der Waals surface area contributed by atoms with Crippen LogP contribution in [0, 0.1) is 0 Å². The highest BCUT2D eigenvalue weighted by atomic mass is 32.2. The van der Waals surface area contributed by atoms with Crippen LogP contribution in [0.2, 0.25) is 0 Å². The Hall–Kier alpha value is -3.79. The van der Waals surface area contributed by atoms with Crippen molar-refractivity contribution < 1.29 is 14.3 Å². The van der Waals surface area contributed by atoms with Crippen molar-refractivity contribution in [2.24, 2.45) is 0 Å². The number of rotatable bonds is 12. The normalized spacial score (nSPS) is 17.3. The first-order valence-electron chi connectivity index (χ1n) is 17.2. The van der Waals surface area contributed by atoms with Gasteiger partial charge in [-0.15, -0.1) is 0 Å². The average molecular weight is 661 g/mol. The fraction of sp³-hybridized carbons (Fsp3) is 0.350. The second-order valence-electron chi connectivity index (χ2n) is 13.1. The van der Waals surface area contributed by atoms with Gasteiger partial charge in [-0.25, -0.2) is 0 Å². The summed E-state index contributed by atoms with van der Waals surface area (Å²) in [4.78, 5) is 38.1. The minimum Gasteiger partial charge on any atom is -0.455 e. The largest absolute Gasteiger partial charge is 0.455 e. The monoisotopic (exact) mass is 660 g/mol. The van der Waals surface area contributed by atoms with Crippen molar-refractivity contribution in [1.82, 2.24) is 19.6 Å². The molecule has 0 saturated carbocycles. The summed E-state index contributed by atoms with van der Waals surface area (Å²) in [7, 11) is 0. The molecular formula is C40H44N4O3S. The van der Waals surface area contributed by atoms with Gasteiger partial charge in [0, 0.05) is 103 Å². The highest BCUT2D eigenvalue weighted by Gasteiger charge is 2.23. The van der Waals surface area contributed by atoms with Crippen molar-refractivity contribution >= 4 is 23.3 Å². The molecule has 2 fully saturated rings. The number of piperazine rings is 2. The van der Waals surface area contributed by atoms with Crippen LogP contribution in [-0.4, -0.2) is 96.6 Å². The first kappa shape index (κ1) is 32.7. The molecule has 48 heavy (non-hydrogen) atoms. The molecule has 0 bridgehead atoms. The molecule has 0 unspecified atom stereocenters. The van der Waals surface area contributed by atoms with Crippen LogP contribution >= 0.6 is 11.8 Å². The van der Waals surface area contributed by atoms with Gasteiger partial charge in [-0.3, -0.25) is 19.4 Å². The van der Waals surface area contributed by atoms with Crippen molar-refractivity contribution in [1.29, 1.82) is 0 Å². The Kier molecular flexibility index (Phi) is 10.7. The Morgan fingerprint density at radius 1 is 0.521 bits per heavy atom. The van der Waals surface area contributed by atoms with Crippen LogP contribution in [0.3, 0.4) is 0 Å². The summed E-state index contributed by atoms with van der Waals surface area (Å²) in [5.74, 6) is 1.81. The van der Waals surface area contributed by atoms with Crippen molar-refractivity contribution in [3.05, 3.63) is 119 Å². The van der Waals surface area contributed by atoms with Crippen LogP contribution in [-0.2, 0) is 13.1 Å². The van der Waals surface area contributed by atoms with E-state index in [9.17, 15) is 9.59 Å². The van der Waals surface area contributed by atoms with Crippen LogP contribution in [0.5, 0.6) is 11.5 Å². The molecule has 7 rings (SSSR count). The van der Waals surface area contributed by atoms with Crippen molar-refractivity contribution in [3.63, 3.8) is 0 Å². The van der Waals surface area contributed by atoms with Gasteiger partial charge in [0.15, 0.2) is 11.6 Å². The van der Waals surface area contributed by atoms with E-state index in [1.54, 1.807) is 11.8 Å². The number of Topliss-reactive ketones (excluding diaryl/α,β-unsaturated/α-hetero) is 2. The van der Waals surface area contributed by atoms with Crippen LogP contribution in [0.25, 0.3) is 0 Å². The number of hydrogen-bond acceptors (Lipinski definition) is 8. The number of hydrogen-bond donors (Lipinski definition) is 0. The summed E-state index contributed by atoms with van der Waals surface area (Å²) in [6, 6.07) is 32.7. The molecule has 0 radical (unpaired) electrons. The maximum atomic E-state index is 13.2. The molecule has 3 aliphatic rings. The summed E-state index contributed by atoms with van der Waals surface area (Å²) in [6.45, 7) is 11.5. The van der Waals surface area contributed by atoms with E-state index >= 15 is 0 Å². The standard InChI is InChI=1S/C40H44N4O3S/c45-35(15-17-41-19-23-43(24-20-41)29-31-7-3-1-4-8-31)33-11-13-37-39(27-33)48-40-28-34(12-14-38(40)47-37)36(46)16-18-42-21-25-44(26-22-42)30-32-9-5-2-6-10-32/h1-14,27-28H,15-26,29-30H2. The zero-order valence-corrected chi connectivity index (χ0v) is 28.4. The Morgan fingerprint density at radius 2 is 0.917 bits per heavy atom. The molecule has 0 amide bonds. The first-order valence-corrected chi connectivity index (χ1v) is 18.0. The third kappa shape index (κ3) is 8.43. The van der Waals surface area contributed by atoms with Gasteiger partial charge in [0.1, 0.15) is 11.5 Å². The number of ether oxygens (including phenoxy) is 1. The molecular weight excluding hydrogens is 617 g/mol. The molecule has 2 saturated heterocycles. The molecule has 0 aromatic heterocycles. The molecule has 8 heteroatoms. The molecule has 0 aliphatic carbocycles. The second-order valence-corrected chi connectivity index (χ2v) is 14.2. The maximum Gasteiger partial charge on any atom is 0.164 e. The minimum atomic E-state index is 0.153. The Balaban J connectivity index is 0.871. The molecule has 3 aliphatic heterocycles. The van der Waals surface area contributed by atoms with Crippen molar-refractivity contribution in [2.75, 3.05) is 65.4 Å². The lowest BCUT2D eigenvalue weighted by atomic mass is 10.1. The maximum absolute atomic E-state index is 13.2. The molecule has 3 heterocycles. The van der Waals surface area contributed by atoms with Gasteiger partial charge in [-0.1, -0.05) is 72.4 Å². The number of benzene rings is 4. The Bertz CT molecular complexity index is 1580. The number of ketones is 2. The van der Waals surface area contributed by atoms with Gasteiger partial charge < -0.3 is 14.5 Å². The molecule has 0 atom stereocenters. The number of nitrogens with zero attached hydrogens (tertiary/aromatic N) is 4. The zero-order chi connectivity index (χ0) is 32.7. The molecule has 0 spiro atoms. The van der Waals surface area contributed by atoms with E-state index in [1.807, 2.05) is 36.4 Å². The van der Waals surface area contributed by atoms with Gasteiger partial charge in [0.05, 0.1) is 9.79 Å². The molecule has 4 aromatic carbocycles. The lowest BCUT2D eigenvalue weighted by Gasteiger charge is -2.34. The van der Waals surface area contributed by atoms with E-state index in [4.69, 9.17) is 4.74 Å². The highest BCUT2D eigenvalue weighted by molar-refractivity contribution is 7.99. The molecule has 4 aromatic rings. The molecule has 0 N–H and O–H groups in total. The Morgan fingerprint density at radius 3 is 1.33 bits per heavy atom. The summed E-state index contributed by atoms with van der Waals surface area (Å²) in [5, 5.41) is 0. The van der Waals surface area contributed by atoms with E-state index in [1.165, 1.54) is 11.1 Å². The quantitative estimate of drug-likeness (QED) is 0.137. The lowest BCUT2D eigenvalue weighted by molar-refractivity contribution is 0.0915. The van der Waals surface area contributed by atoms with Gasteiger partial charge in [0.25, 0.3) is 0 Å².